The van der Waals surface area contributed by atoms with Crippen molar-refractivity contribution in [2.45, 2.75) is 0 Å². The zero-order valence-corrected chi connectivity index (χ0v) is 10.7. The average Bonchev–Trinajstić information content (AvgIpc) is 2.67. The lowest BCUT2D eigenvalue weighted by Gasteiger charge is -2.06. The third kappa shape index (κ3) is 2.74. The molecule has 0 atom stereocenters. The fraction of sp³-hybridized carbons (Fsp3) is 0.0909. The van der Waals surface area contributed by atoms with Gasteiger partial charge in [-0.2, -0.15) is 10.1 Å². The highest BCUT2D eigenvalue weighted by Crippen LogP contribution is 2.19. The third-order valence-electron chi connectivity index (χ3n) is 2.20. The number of hydrazone groups is 1. The number of amides is 1. The Kier molecular flexibility index (Phi) is 3.73. The lowest BCUT2D eigenvalue weighted by Crippen LogP contribution is -2.22. The van der Waals surface area contributed by atoms with Crippen LogP contribution in [0.5, 0.6) is 0 Å². The Morgan fingerprint density at radius 3 is 2.61 bits per heavy atom. The number of carboxylic acids is 1. The smallest absolute Gasteiger partial charge is 0.259 e. The highest BCUT2D eigenvalue weighted by atomic mass is 32.2. The molecule has 0 unspecified atom stereocenters. The molecule has 0 spiro atoms. The molecule has 0 aromatic heterocycles. The van der Waals surface area contributed by atoms with Crippen molar-refractivity contribution in [1.82, 2.24) is 5.01 Å². The molecule has 1 heterocycles. The molecular weight excluding hydrogens is 272 g/mol. The molecule has 1 aliphatic rings. The number of aromatic carboxylic acids is 1. The van der Waals surface area contributed by atoms with Crippen molar-refractivity contribution in [3.8, 4) is 0 Å². The first-order valence-corrected chi connectivity index (χ1v) is 6.32. The molecule has 2 rings (SSSR count). The Labute approximate surface area is 112 Å². The topological polar surface area (TPSA) is 72.8 Å². The number of carbonyl (C=O) groups excluding carboxylic acids is 2. The molecule has 1 fully saturated rings. The van der Waals surface area contributed by atoms with Crippen LogP contribution in [-0.4, -0.2) is 33.2 Å². The maximum absolute atomic E-state index is 11.4. The first-order valence-electron chi connectivity index (χ1n) is 4.93. The van der Waals surface area contributed by atoms with Crippen molar-refractivity contribution < 1.29 is 14.7 Å². The second-order valence-corrected chi connectivity index (χ2v) is 5.02. The molecule has 92 valence electrons. The number of thioether (sulfide) groups is 1. The molecule has 1 aromatic carbocycles. The van der Waals surface area contributed by atoms with E-state index >= 15 is 0 Å². The molecule has 0 saturated carbocycles. The Morgan fingerprint density at radius 2 is 2.11 bits per heavy atom. The van der Waals surface area contributed by atoms with Crippen molar-refractivity contribution >= 4 is 46.4 Å². The van der Waals surface area contributed by atoms with Crippen LogP contribution in [0.3, 0.4) is 0 Å². The van der Waals surface area contributed by atoms with E-state index in [2.05, 4.69) is 5.10 Å². The van der Waals surface area contributed by atoms with E-state index < -0.39 is 5.97 Å². The molecule has 0 N–H and O–H groups in total. The van der Waals surface area contributed by atoms with Crippen LogP contribution in [0.15, 0.2) is 29.4 Å². The molecule has 0 bridgehead atoms. The van der Waals surface area contributed by atoms with Gasteiger partial charge in [0.25, 0.3) is 5.91 Å². The lowest BCUT2D eigenvalue weighted by molar-refractivity contribution is -0.255. The average molecular weight is 279 g/mol. The molecule has 1 aliphatic heterocycles. The van der Waals surface area contributed by atoms with Crippen LogP contribution in [0.25, 0.3) is 0 Å². The van der Waals surface area contributed by atoms with E-state index in [-0.39, 0.29) is 11.5 Å². The zero-order valence-electron chi connectivity index (χ0n) is 9.03. The number of carbonyl (C=O) groups is 2. The quantitative estimate of drug-likeness (QED) is 0.585. The van der Waals surface area contributed by atoms with E-state index in [1.807, 2.05) is 0 Å². The van der Waals surface area contributed by atoms with E-state index in [9.17, 15) is 14.7 Å². The number of nitrogens with zero attached hydrogens (tertiary/aromatic N) is 2. The van der Waals surface area contributed by atoms with Crippen molar-refractivity contribution in [2.75, 3.05) is 5.75 Å². The minimum atomic E-state index is -1.23. The second kappa shape index (κ2) is 5.28. The minimum absolute atomic E-state index is 0.0930. The fourth-order valence-corrected chi connectivity index (χ4v) is 2.25. The van der Waals surface area contributed by atoms with Crippen LogP contribution >= 0.6 is 24.0 Å². The predicted octanol–water partition coefficient (Wildman–Crippen LogP) is 0.244. The van der Waals surface area contributed by atoms with Crippen LogP contribution in [0.2, 0.25) is 0 Å². The van der Waals surface area contributed by atoms with E-state index in [0.29, 0.717) is 15.6 Å². The van der Waals surface area contributed by atoms with Gasteiger partial charge in [0.1, 0.15) is 0 Å². The molecule has 5 nitrogen and oxygen atoms in total. The van der Waals surface area contributed by atoms with Gasteiger partial charge in [0.2, 0.25) is 0 Å². The summed E-state index contributed by atoms with van der Waals surface area (Å²) in [6.45, 7) is 0. The van der Waals surface area contributed by atoms with Crippen LogP contribution in [0, 0.1) is 0 Å². The van der Waals surface area contributed by atoms with Crippen LogP contribution < -0.4 is 5.11 Å². The van der Waals surface area contributed by atoms with Gasteiger partial charge in [-0.15, -0.1) is 0 Å². The van der Waals surface area contributed by atoms with Crippen molar-refractivity contribution in [3.05, 3.63) is 35.4 Å². The predicted molar refractivity (Wildman–Crippen MR) is 70.3 cm³/mol. The first-order chi connectivity index (χ1) is 8.58. The van der Waals surface area contributed by atoms with Gasteiger partial charge in [-0.1, -0.05) is 48.2 Å². The number of hydrogen-bond acceptors (Lipinski definition) is 6. The maximum atomic E-state index is 11.4. The van der Waals surface area contributed by atoms with Crippen LogP contribution in [-0.2, 0) is 4.79 Å². The summed E-state index contributed by atoms with van der Waals surface area (Å²) in [5.74, 6) is -1.09. The normalized spacial score (nSPS) is 15.7. The molecule has 0 aliphatic carbocycles. The Morgan fingerprint density at radius 1 is 1.44 bits per heavy atom. The molecular formula is C11H7N2O3S2-. The molecule has 1 aromatic rings. The van der Waals surface area contributed by atoms with E-state index in [4.69, 9.17) is 12.2 Å². The summed E-state index contributed by atoms with van der Waals surface area (Å²) >= 11 is 6.22. The molecule has 18 heavy (non-hydrogen) atoms. The van der Waals surface area contributed by atoms with E-state index in [0.717, 1.165) is 5.01 Å². The summed E-state index contributed by atoms with van der Waals surface area (Å²) in [7, 11) is 0. The van der Waals surface area contributed by atoms with Crippen molar-refractivity contribution in [3.63, 3.8) is 0 Å². The maximum Gasteiger partial charge on any atom is 0.259 e. The van der Waals surface area contributed by atoms with Gasteiger partial charge >= 0.3 is 0 Å². The first kappa shape index (κ1) is 12.7. The largest absolute Gasteiger partial charge is 0.545 e. The van der Waals surface area contributed by atoms with Gasteiger partial charge in [-0.25, -0.2) is 0 Å². The number of rotatable bonds is 3. The number of carboxylic acid groups (broad SMARTS) is 1. The standard InChI is InChI=1S/C11H8N2O3S2/c14-9-6-18-11(17)13(9)12-5-7-1-3-8(4-2-7)10(15)16/h1-5H,6H2,(H,15,16)/p-1/b12-5-. The highest BCUT2D eigenvalue weighted by Gasteiger charge is 2.25. The number of hydrogen-bond donors (Lipinski definition) is 0. The second-order valence-electron chi connectivity index (χ2n) is 3.41. The molecule has 7 heteroatoms. The van der Waals surface area contributed by atoms with Gasteiger partial charge in [0, 0.05) is 0 Å². The van der Waals surface area contributed by atoms with Gasteiger partial charge < -0.3 is 9.90 Å². The van der Waals surface area contributed by atoms with Gasteiger partial charge in [-0.05, 0) is 11.1 Å². The Hall–Kier alpha value is -1.73. The van der Waals surface area contributed by atoms with Crippen molar-refractivity contribution in [2.24, 2.45) is 5.10 Å². The summed E-state index contributed by atoms with van der Waals surface area (Å²) in [6, 6.07) is 5.97. The molecule has 1 amide bonds. The Balaban J connectivity index is 2.11. The monoisotopic (exact) mass is 279 g/mol. The Bertz CT molecular complexity index is 524. The summed E-state index contributed by atoms with van der Waals surface area (Å²) in [4.78, 5) is 21.9. The zero-order chi connectivity index (χ0) is 13.1. The SMILES string of the molecule is O=C([O-])c1ccc(/C=N\N2C(=O)CSC2=S)cc1. The van der Waals surface area contributed by atoms with Gasteiger partial charge in [0.15, 0.2) is 4.32 Å². The molecule has 0 radical (unpaired) electrons. The van der Waals surface area contributed by atoms with Crippen molar-refractivity contribution in [1.29, 1.82) is 0 Å². The highest BCUT2D eigenvalue weighted by molar-refractivity contribution is 8.23. The van der Waals surface area contributed by atoms with E-state index in [1.54, 1.807) is 12.1 Å². The van der Waals surface area contributed by atoms with Gasteiger partial charge in [-0.3, -0.25) is 4.79 Å². The summed E-state index contributed by atoms with van der Waals surface area (Å²) in [5.41, 5.74) is 0.767. The third-order valence-corrected chi connectivity index (χ3v) is 3.53. The molecule has 1 saturated heterocycles. The van der Waals surface area contributed by atoms with Crippen LogP contribution in [0.4, 0.5) is 0 Å². The van der Waals surface area contributed by atoms with Gasteiger partial charge in [0.05, 0.1) is 17.9 Å². The van der Waals surface area contributed by atoms with E-state index in [1.165, 1.54) is 30.1 Å². The summed E-state index contributed by atoms with van der Waals surface area (Å²) in [5, 5.41) is 15.7. The minimum Gasteiger partial charge on any atom is -0.545 e. The summed E-state index contributed by atoms with van der Waals surface area (Å²) in [6.07, 6.45) is 1.45. The van der Waals surface area contributed by atoms with Crippen LogP contribution in [0.1, 0.15) is 15.9 Å². The number of thiocarbonyl (C=S) groups is 1. The lowest BCUT2D eigenvalue weighted by atomic mass is 10.1. The fourth-order valence-electron chi connectivity index (χ4n) is 1.29. The summed E-state index contributed by atoms with van der Waals surface area (Å²) < 4.78 is 0.419. The number of benzene rings is 1.